The second kappa shape index (κ2) is 6.46. The van der Waals surface area contributed by atoms with Crippen LogP contribution in [0.4, 0.5) is 14.5 Å². The first-order valence-electron chi connectivity index (χ1n) is 6.54. The van der Waals surface area contributed by atoms with Gasteiger partial charge in [-0.1, -0.05) is 6.07 Å². The first kappa shape index (κ1) is 18.3. The number of sulfonamides is 2. The summed E-state index contributed by atoms with van der Waals surface area (Å²) in [5, 5.41) is 0. The van der Waals surface area contributed by atoms with Crippen molar-refractivity contribution in [3.63, 3.8) is 0 Å². The Morgan fingerprint density at radius 2 is 1.46 bits per heavy atom. The summed E-state index contributed by atoms with van der Waals surface area (Å²) in [5.41, 5.74) is -0.0532. The predicted octanol–water partition coefficient (Wildman–Crippen LogP) is 2.02. The van der Waals surface area contributed by atoms with Crippen LogP contribution in [-0.4, -0.2) is 35.2 Å². The van der Waals surface area contributed by atoms with Gasteiger partial charge in [0, 0.05) is 20.2 Å². The zero-order valence-electron chi connectivity index (χ0n) is 12.7. The molecule has 0 aliphatic rings. The molecule has 0 aliphatic carbocycles. The first-order valence-corrected chi connectivity index (χ1v) is 9.46. The van der Waals surface area contributed by atoms with Gasteiger partial charge in [-0.15, -0.1) is 0 Å². The molecule has 0 amide bonds. The van der Waals surface area contributed by atoms with E-state index in [1.54, 1.807) is 0 Å². The van der Waals surface area contributed by atoms with Crippen LogP contribution in [0, 0.1) is 11.6 Å². The minimum atomic E-state index is -4.28. The highest BCUT2D eigenvalue weighted by molar-refractivity contribution is 7.92. The van der Waals surface area contributed by atoms with Crippen LogP contribution in [0.5, 0.6) is 0 Å². The summed E-state index contributed by atoms with van der Waals surface area (Å²) in [6.07, 6.45) is 0. The van der Waals surface area contributed by atoms with Crippen LogP contribution >= 0.6 is 0 Å². The SMILES string of the molecule is CN(C)S(=O)(=O)c1cccc(NS(=O)(=O)c2cc(F)cc(F)c2)c1. The second-order valence-electron chi connectivity index (χ2n) is 5.03. The maximum atomic E-state index is 13.2. The van der Waals surface area contributed by atoms with E-state index < -0.39 is 36.6 Å². The molecule has 6 nitrogen and oxygen atoms in total. The third-order valence-corrected chi connectivity index (χ3v) is 6.18. The minimum absolute atomic E-state index is 0.0532. The van der Waals surface area contributed by atoms with Crippen LogP contribution < -0.4 is 4.72 Å². The van der Waals surface area contributed by atoms with Crippen molar-refractivity contribution < 1.29 is 25.6 Å². The molecule has 0 radical (unpaired) electrons. The molecule has 0 unspecified atom stereocenters. The van der Waals surface area contributed by atoms with E-state index in [0.29, 0.717) is 18.2 Å². The number of anilines is 1. The van der Waals surface area contributed by atoms with Gasteiger partial charge in [-0.2, -0.15) is 0 Å². The van der Waals surface area contributed by atoms with Gasteiger partial charge in [0.15, 0.2) is 0 Å². The molecule has 24 heavy (non-hydrogen) atoms. The fourth-order valence-electron chi connectivity index (χ4n) is 1.83. The third kappa shape index (κ3) is 3.89. The van der Waals surface area contributed by atoms with Crippen molar-refractivity contribution in [3.05, 3.63) is 54.1 Å². The number of hydrogen-bond acceptors (Lipinski definition) is 4. The van der Waals surface area contributed by atoms with Crippen molar-refractivity contribution in [2.45, 2.75) is 9.79 Å². The number of halogens is 2. The van der Waals surface area contributed by atoms with Gasteiger partial charge in [-0.05, 0) is 30.3 Å². The average Bonchev–Trinajstić information content (AvgIpc) is 2.45. The monoisotopic (exact) mass is 376 g/mol. The summed E-state index contributed by atoms with van der Waals surface area (Å²) in [7, 11) is -5.36. The number of nitrogens with one attached hydrogen (secondary N) is 1. The molecule has 0 saturated carbocycles. The van der Waals surface area contributed by atoms with Crippen molar-refractivity contribution in [2.24, 2.45) is 0 Å². The highest BCUT2D eigenvalue weighted by atomic mass is 32.2. The molecule has 2 rings (SSSR count). The topological polar surface area (TPSA) is 83.6 Å². The molecular formula is C14H14F2N2O4S2. The number of benzene rings is 2. The summed E-state index contributed by atoms with van der Waals surface area (Å²) in [6, 6.07) is 6.95. The number of hydrogen-bond donors (Lipinski definition) is 1. The van der Waals surface area contributed by atoms with Crippen LogP contribution in [0.25, 0.3) is 0 Å². The van der Waals surface area contributed by atoms with Gasteiger partial charge >= 0.3 is 0 Å². The molecule has 1 N–H and O–H groups in total. The lowest BCUT2D eigenvalue weighted by atomic mass is 10.3. The van der Waals surface area contributed by atoms with Crippen molar-refractivity contribution >= 4 is 25.7 Å². The van der Waals surface area contributed by atoms with Crippen molar-refractivity contribution in [2.75, 3.05) is 18.8 Å². The fourth-order valence-corrected chi connectivity index (χ4v) is 3.87. The van der Waals surface area contributed by atoms with Crippen molar-refractivity contribution in [3.8, 4) is 0 Å². The predicted molar refractivity (Wildman–Crippen MR) is 84.5 cm³/mol. The molecule has 2 aromatic rings. The lowest BCUT2D eigenvalue weighted by Crippen LogP contribution is -2.22. The molecule has 2 aromatic carbocycles. The van der Waals surface area contributed by atoms with Crippen molar-refractivity contribution in [1.82, 2.24) is 4.31 Å². The van der Waals surface area contributed by atoms with E-state index in [1.165, 1.54) is 32.3 Å². The average molecular weight is 376 g/mol. The Morgan fingerprint density at radius 3 is 2.00 bits per heavy atom. The van der Waals surface area contributed by atoms with Gasteiger partial charge in [0.1, 0.15) is 11.6 Å². The standard InChI is InChI=1S/C14H14F2N2O4S2/c1-18(2)24(21,22)13-5-3-4-12(9-13)17-23(19,20)14-7-10(15)6-11(16)8-14/h3-9,17H,1-2H3. The Kier molecular flexibility index (Phi) is 4.92. The summed E-state index contributed by atoms with van der Waals surface area (Å²) in [5.74, 6) is -2.08. The molecule has 0 aromatic heterocycles. The molecule has 130 valence electrons. The van der Waals surface area contributed by atoms with E-state index in [2.05, 4.69) is 4.72 Å². The lowest BCUT2D eigenvalue weighted by Gasteiger charge is -2.13. The zero-order chi connectivity index (χ0) is 18.1. The van der Waals surface area contributed by atoms with Crippen LogP contribution in [-0.2, 0) is 20.0 Å². The van der Waals surface area contributed by atoms with Crippen LogP contribution in [0.1, 0.15) is 0 Å². The normalized spacial score (nSPS) is 12.4. The highest BCUT2D eigenvalue weighted by Crippen LogP contribution is 2.22. The molecule has 0 fully saturated rings. The van der Waals surface area contributed by atoms with Crippen molar-refractivity contribution in [1.29, 1.82) is 0 Å². The van der Waals surface area contributed by atoms with E-state index >= 15 is 0 Å². The summed E-state index contributed by atoms with van der Waals surface area (Å²) in [4.78, 5) is -0.737. The molecule has 0 bridgehead atoms. The number of rotatable bonds is 5. The van der Waals surface area contributed by atoms with E-state index in [-0.39, 0.29) is 10.6 Å². The molecular weight excluding hydrogens is 362 g/mol. The zero-order valence-corrected chi connectivity index (χ0v) is 14.3. The van der Waals surface area contributed by atoms with Gasteiger partial charge in [-0.25, -0.2) is 29.9 Å². The van der Waals surface area contributed by atoms with E-state index in [1.807, 2.05) is 0 Å². The molecule has 0 atom stereocenters. The van der Waals surface area contributed by atoms with Crippen LogP contribution in [0.3, 0.4) is 0 Å². The van der Waals surface area contributed by atoms with Gasteiger partial charge < -0.3 is 0 Å². The summed E-state index contributed by atoms with van der Waals surface area (Å²) in [6.45, 7) is 0. The van der Waals surface area contributed by atoms with E-state index in [0.717, 1.165) is 10.4 Å². The maximum Gasteiger partial charge on any atom is 0.262 e. The summed E-state index contributed by atoms with van der Waals surface area (Å²) < 4.78 is 78.0. The molecule has 0 heterocycles. The number of nitrogens with zero attached hydrogens (tertiary/aromatic N) is 1. The van der Waals surface area contributed by atoms with E-state index in [9.17, 15) is 25.6 Å². The van der Waals surface area contributed by atoms with Crippen LogP contribution in [0.2, 0.25) is 0 Å². The van der Waals surface area contributed by atoms with Crippen LogP contribution in [0.15, 0.2) is 52.3 Å². The summed E-state index contributed by atoms with van der Waals surface area (Å²) >= 11 is 0. The first-order chi connectivity index (χ1) is 11.0. The maximum absolute atomic E-state index is 13.2. The van der Waals surface area contributed by atoms with Gasteiger partial charge in [0.25, 0.3) is 10.0 Å². The Bertz CT molecular complexity index is 954. The molecule has 10 heteroatoms. The van der Waals surface area contributed by atoms with Gasteiger partial charge in [0.2, 0.25) is 10.0 Å². The quantitative estimate of drug-likeness (QED) is 0.865. The largest absolute Gasteiger partial charge is 0.280 e. The van der Waals surface area contributed by atoms with Gasteiger partial charge in [0.05, 0.1) is 15.5 Å². The molecule has 0 spiro atoms. The Morgan fingerprint density at radius 1 is 0.875 bits per heavy atom. The second-order valence-corrected chi connectivity index (χ2v) is 8.86. The smallest absolute Gasteiger partial charge is 0.262 e. The Hall–Kier alpha value is -2.04. The van der Waals surface area contributed by atoms with Gasteiger partial charge in [-0.3, -0.25) is 4.72 Å². The minimum Gasteiger partial charge on any atom is -0.280 e. The Balaban J connectivity index is 2.41. The Labute approximate surface area is 138 Å². The lowest BCUT2D eigenvalue weighted by molar-refractivity contribution is 0.520. The third-order valence-electron chi connectivity index (χ3n) is 3.01. The highest BCUT2D eigenvalue weighted by Gasteiger charge is 2.20. The molecule has 0 aliphatic heterocycles. The van der Waals surface area contributed by atoms with E-state index in [4.69, 9.17) is 0 Å². The fraction of sp³-hybridized carbons (Fsp3) is 0.143. The molecule has 0 saturated heterocycles.